The van der Waals surface area contributed by atoms with Crippen molar-refractivity contribution in [1.82, 2.24) is 10.2 Å². The zero-order valence-corrected chi connectivity index (χ0v) is 14.5. The summed E-state index contributed by atoms with van der Waals surface area (Å²) in [6, 6.07) is 7.95. The molecular weight excluding hydrogens is 300 g/mol. The molecule has 0 saturated carbocycles. The fourth-order valence-electron chi connectivity index (χ4n) is 2.20. The number of unbranched alkanes of at least 4 members (excludes halogenated alkanes) is 4. The van der Waals surface area contributed by atoms with Crippen LogP contribution in [0.2, 0.25) is 0 Å². The van der Waals surface area contributed by atoms with Crippen molar-refractivity contribution in [1.29, 1.82) is 0 Å². The van der Waals surface area contributed by atoms with Gasteiger partial charge in [0.25, 0.3) is 0 Å². The molecule has 1 aromatic carbocycles. The van der Waals surface area contributed by atoms with Crippen LogP contribution in [0.15, 0.2) is 34.5 Å². The van der Waals surface area contributed by atoms with Gasteiger partial charge in [0.15, 0.2) is 11.6 Å². The van der Waals surface area contributed by atoms with E-state index in [4.69, 9.17) is 0 Å². The van der Waals surface area contributed by atoms with Crippen molar-refractivity contribution in [2.24, 2.45) is 10.2 Å². The van der Waals surface area contributed by atoms with Gasteiger partial charge in [-0.3, -0.25) is 10.9 Å². The number of nitrogens with one attached hydrogen (secondary N) is 2. The quantitative estimate of drug-likeness (QED) is 0.373. The van der Waals surface area contributed by atoms with Crippen molar-refractivity contribution >= 4 is 34.8 Å². The van der Waals surface area contributed by atoms with Gasteiger partial charge in [-0.1, -0.05) is 51.0 Å². The maximum absolute atomic E-state index is 4.23. The Morgan fingerprint density at radius 1 is 0.833 bits per heavy atom. The van der Waals surface area contributed by atoms with Crippen LogP contribution >= 0.6 is 0 Å². The monoisotopic (exact) mass is 326 g/mol. The first-order valence-electron chi connectivity index (χ1n) is 8.67. The normalized spacial score (nSPS) is 11.6. The summed E-state index contributed by atoms with van der Waals surface area (Å²) in [7, 11) is 0. The fraction of sp³-hybridized carbons (Fsp3) is 0.444. The van der Waals surface area contributed by atoms with Gasteiger partial charge in [0.05, 0.1) is 0 Å². The van der Waals surface area contributed by atoms with Crippen LogP contribution in [0.3, 0.4) is 0 Å². The van der Waals surface area contributed by atoms with Crippen molar-refractivity contribution in [3.63, 3.8) is 0 Å². The van der Waals surface area contributed by atoms with Crippen LogP contribution in [0.1, 0.15) is 52.4 Å². The summed E-state index contributed by atoms with van der Waals surface area (Å²) in [5.41, 5.74) is 5.97. The molecule has 0 radical (unpaired) electrons. The van der Waals surface area contributed by atoms with Crippen LogP contribution in [0.5, 0.6) is 0 Å². The number of aromatic nitrogens is 2. The van der Waals surface area contributed by atoms with Gasteiger partial charge in [0.1, 0.15) is 0 Å². The molecule has 0 unspecified atom stereocenters. The Morgan fingerprint density at radius 2 is 1.29 bits per heavy atom. The summed E-state index contributed by atoms with van der Waals surface area (Å²) in [5.74, 6) is 1.30. The van der Waals surface area contributed by atoms with E-state index in [0.717, 1.165) is 49.3 Å². The lowest BCUT2D eigenvalue weighted by Crippen LogP contribution is -2.01. The molecule has 24 heavy (non-hydrogen) atoms. The summed E-state index contributed by atoms with van der Waals surface area (Å²) in [5, 5.41) is 18.8. The van der Waals surface area contributed by atoms with Gasteiger partial charge in [0, 0.05) is 23.2 Å². The third kappa shape index (κ3) is 5.30. The molecule has 0 aliphatic rings. The second kappa shape index (κ2) is 10.3. The Kier molecular flexibility index (Phi) is 7.67. The first kappa shape index (κ1) is 17.8. The summed E-state index contributed by atoms with van der Waals surface area (Å²) in [6.45, 7) is 4.33. The molecule has 0 spiro atoms. The average molecular weight is 326 g/mol. The largest absolute Gasteiger partial charge is 0.260 e. The molecule has 1 heterocycles. The first-order chi connectivity index (χ1) is 11.9. The highest BCUT2D eigenvalue weighted by atomic mass is 15.4. The molecule has 0 atom stereocenters. The van der Waals surface area contributed by atoms with E-state index in [0.29, 0.717) is 11.6 Å². The molecule has 0 amide bonds. The second-order valence-electron chi connectivity index (χ2n) is 5.57. The van der Waals surface area contributed by atoms with Gasteiger partial charge in [-0.05, 0) is 25.7 Å². The number of benzene rings is 1. The second-order valence-corrected chi connectivity index (χ2v) is 5.57. The molecule has 6 heteroatoms. The van der Waals surface area contributed by atoms with Crippen molar-refractivity contribution in [2.75, 3.05) is 10.9 Å². The number of hydrogen-bond acceptors (Lipinski definition) is 6. The molecule has 0 saturated heterocycles. The molecule has 0 aliphatic heterocycles. The average Bonchev–Trinajstić information content (AvgIpc) is 2.62. The Morgan fingerprint density at radius 3 is 1.71 bits per heavy atom. The van der Waals surface area contributed by atoms with E-state index in [2.05, 4.69) is 45.1 Å². The molecular formula is C18H26N6. The third-order valence-electron chi connectivity index (χ3n) is 3.58. The minimum absolute atomic E-state index is 0.652. The van der Waals surface area contributed by atoms with Gasteiger partial charge in [-0.2, -0.15) is 10.2 Å². The Labute approximate surface area is 143 Å². The van der Waals surface area contributed by atoms with E-state index in [1.165, 1.54) is 0 Å². The van der Waals surface area contributed by atoms with Crippen LogP contribution in [0.4, 0.5) is 11.6 Å². The van der Waals surface area contributed by atoms with E-state index in [9.17, 15) is 0 Å². The van der Waals surface area contributed by atoms with Gasteiger partial charge in [0.2, 0.25) is 0 Å². The lowest BCUT2D eigenvalue weighted by molar-refractivity contribution is 0.841. The van der Waals surface area contributed by atoms with E-state index < -0.39 is 0 Å². The molecule has 2 rings (SSSR count). The summed E-state index contributed by atoms with van der Waals surface area (Å²) < 4.78 is 0. The number of anilines is 2. The van der Waals surface area contributed by atoms with Crippen LogP contribution in [-0.4, -0.2) is 22.6 Å². The van der Waals surface area contributed by atoms with E-state index in [1.54, 1.807) is 0 Å². The van der Waals surface area contributed by atoms with Gasteiger partial charge in [-0.15, -0.1) is 10.2 Å². The maximum Gasteiger partial charge on any atom is 0.176 e. The summed E-state index contributed by atoms with van der Waals surface area (Å²) in [4.78, 5) is 0. The zero-order chi connectivity index (χ0) is 17.0. The Bertz CT molecular complexity index is 622. The predicted octanol–water partition coefficient (Wildman–Crippen LogP) is 4.81. The smallest absolute Gasteiger partial charge is 0.176 e. The topological polar surface area (TPSA) is 74.6 Å². The lowest BCUT2D eigenvalue weighted by Gasteiger charge is -2.07. The van der Waals surface area contributed by atoms with Gasteiger partial charge in [-0.25, -0.2) is 0 Å². The molecule has 6 nitrogen and oxygen atoms in total. The predicted molar refractivity (Wildman–Crippen MR) is 103 cm³/mol. The van der Waals surface area contributed by atoms with Crippen molar-refractivity contribution in [2.45, 2.75) is 52.4 Å². The highest BCUT2D eigenvalue weighted by molar-refractivity contribution is 5.98. The molecule has 128 valence electrons. The number of fused-ring (bicyclic) bond motifs is 1. The lowest BCUT2D eigenvalue weighted by atomic mass is 10.2. The fourth-order valence-corrected chi connectivity index (χ4v) is 2.20. The van der Waals surface area contributed by atoms with Gasteiger partial charge < -0.3 is 0 Å². The van der Waals surface area contributed by atoms with Crippen LogP contribution in [0.25, 0.3) is 10.8 Å². The van der Waals surface area contributed by atoms with E-state index in [1.807, 2.05) is 36.7 Å². The standard InChI is InChI=1S/C18H26N6/c1-3-5-9-13-19-21-17-15-11-7-8-12-16(15)18(24-23-17)22-20-14-10-6-4-2/h7-8,11-14H,3-6,9-10H2,1-2H3,(H,21,23)(H,22,24)/b19-13+,20-14+. The molecule has 0 bridgehead atoms. The zero-order valence-electron chi connectivity index (χ0n) is 14.5. The summed E-state index contributed by atoms with van der Waals surface area (Å²) >= 11 is 0. The van der Waals surface area contributed by atoms with Crippen LogP contribution < -0.4 is 10.9 Å². The number of hydrazone groups is 2. The van der Waals surface area contributed by atoms with E-state index in [-0.39, 0.29) is 0 Å². The molecule has 2 N–H and O–H groups in total. The SMILES string of the molecule is CCCC/C=N/Nc1nnc(N/N=C/CCCC)c2ccccc12. The molecule has 0 aliphatic carbocycles. The number of nitrogens with zero attached hydrogens (tertiary/aromatic N) is 4. The van der Waals surface area contributed by atoms with Crippen LogP contribution in [0, 0.1) is 0 Å². The highest BCUT2D eigenvalue weighted by Gasteiger charge is 2.07. The minimum Gasteiger partial charge on any atom is -0.260 e. The Hall–Kier alpha value is -2.50. The summed E-state index contributed by atoms with van der Waals surface area (Å²) in [6.07, 6.45) is 10.3. The maximum atomic E-state index is 4.23. The van der Waals surface area contributed by atoms with Gasteiger partial charge >= 0.3 is 0 Å². The highest BCUT2D eigenvalue weighted by Crippen LogP contribution is 2.25. The number of rotatable bonds is 10. The molecule has 1 aromatic heterocycles. The third-order valence-corrected chi connectivity index (χ3v) is 3.58. The Balaban J connectivity index is 2.11. The molecule has 2 aromatic rings. The van der Waals surface area contributed by atoms with Crippen molar-refractivity contribution in [3.05, 3.63) is 24.3 Å². The van der Waals surface area contributed by atoms with E-state index >= 15 is 0 Å². The molecule has 0 fully saturated rings. The van der Waals surface area contributed by atoms with Crippen molar-refractivity contribution in [3.8, 4) is 0 Å². The first-order valence-corrected chi connectivity index (χ1v) is 8.67. The number of hydrogen-bond donors (Lipinski definition) is 2. The minimum atomic E-state index is 0.652. The van der Waals surface area contributed by atoms with Crippen molar-refractivity contribution < 1.29 is 0 Å². The van der Waals surface area contributed by atoms with Crippen LogP contribution in [-0.2, 0) is 0 Å².